The molecule has 1 heterocycles. The van der Waals surface area contributed by atoms with Crippen molar-refractivity contribution in [2.75, 3.05) is 37.0 Å². The van der Waals surface area contributed by atoms with Gasteiger partial charge in [0, 0.05) is 24.0 Å². The second kappa shape index (κ2) is 11.2. The summed E-state index contributed by atoms with van der Waals surface area (Å²) in [5.41, 5.74) is 1.89. The summed E-state index contributed by atoms with van der Waals surface area (Å²) in [6.07, 6.45) is 3.02. The fourth-order valence-electron chi connectivity index (χ4n) is 3.02. The number of ether oxygens (including phenoxy) is 3. The van der Waals surface area contributed by atoms with Gasteiger partial charge in [-0.2, -0.15) is 0 Å². The lowest BCUT2D eigenvalue weighted by molar-refractivity contribution is -0.114. The Balaban J connectivity index is 1.44. The number of carbonyl (C=O) groups is 2. The van der Waals surface area contributed by atoms with Crippen molar-refractivity contribution in [3.8, 4) is 5.75 Å². The molecule has 0 aromatic heterocycles. The Bertz CT molecular complexity index is 832. The molecule has 0 bridgehead atoms. The van der Waals surface area contributed by atoms with E-state index in [9.17, 15) is 9.59 Å². The van der Waals surface area contributed by atoms with Crippen molar-refractivity contribution in [1.29, 1.82) is 0 Å². The Morgan fingerprint density at radius 1 is 1.13 bits per heavy atom. The smallest absolute Gasteiger partial charge is 0.338 e. The predicted octanol–water partition coefficient (Wildman–Crippen LogP) is 3.86. The van der Waals surface area contributed by atoms with Crippen LogP contribution in [0, 0.1) is 0 Å². The molecule has 2 aromatic carbocycles. The summed E-state index contributed by atoms with van der Waals surface area (Å²) in [5, 5.41) is 5.89. The quantitative estimate of drug-likeness (QED) is 0.577. The number of nitrogens with one attached hydrogen (secondary N) is 2. The zero-order valence-electron chi connectivity index (χ0n) is 17.2. The fourth-order valence-corrected chi connectivity index (χ4v) is 3.02. The van der Waals surface area contributed by atoms with Gasteiger partial charge in [-0.15, -0.1) is 0 Å². The zero-order valence-corrected chi connectivity index (χ0v) is 17.2. The van der Waals surface area contributed by atoms with E-state index in [0.29, 0.717) is 30.2 Å². The molecule has 2 aromatic rings. The SMILES string of the molecule is CCCOC(=O)c1ccc(NCC(=O)Nc2cccc(OCC3CCCO3)c2)cc1. The maximum atomic E-state index is 12.2. The topological polar surface area (TPSA) is 85.9 Å². The standard InChI is InChI=1S/C23H28N2O5/c1-2-12-29-23(27)17-8-10-18(11-9-17)24-15-22(26)25-19-5-3-6-20(14-19)30-16-21-7-4-13-28-21/h3,5-6,8-11,14,21,24H,2,4,7,12-13,15-16H2,1H3,(H,25,26). The summed E-state index contributed by atoms with van der Waals surface area (Å²) in [6.45, 7) is 3.75. The van der Waals surface area contributed by atoms with Crippen LogP contribution in [0.3, 0.4) is 0 Å². The highest BCUT2D eigenvalue weighted by Gasteiger charge is 2.16. The van der Waals surface area contributed by atoms with Crippen LogP contribution in [0.2, 0.25) is 0 Å². The highest BCUT2D eigenvalue weighted by molar-refractivity contribution is 5.94. The van der Waals surface area contributed by atoms with Crippen LogP contribution >= 0.6 is 0 Å². The van der Waals surface area contributed by atoms with Gasteiger partial charge in [0.15, 0.2) is 0 Å². The van der Waals surface area contributed by atoms with Crippen molar-refractivity contribution in [3.63, 3.8) is 0 Å². The van der Waals surface area contributed by atoms with Gasteiger partial charge < -0.3 is 24.8 Å². The van der Waals surface area contributed by atoms with Crippen molar-refractivity contribution in [2.24, 2.45) is 0 Å². The maximum absolute atomic E-state index is 12.2. The van der Waals surface area contributed by atoms with E-state index in [1.807, 2.05) is 25.1 Å². The first-order valence-corrected chi connectivity index (χ1v) is 10.3. The monoisotopic (exact) mass is 412 g/mol. The average Bonchev–Trinajstić information content (AvgIpc) is 3.29. The fraction of sp³-hybridized carbons (Fsp3) is 0.391. The van der Waals surface area contributed by atoms with Gasteiger partial charge in [0.2, 0.25) is 5.91 Å². The molecule has 3 rings (SSSR count). The van der Waals surface area contributed by atoms with Gasteiger partial charge in [0.05, 0.1) is 24.8 Å². The van der Waals surface area contributed by atoms with Crippen molar-refractivity contribution in [2.45, 2.75) is 32.3 Å². The molecule has 30 heavy (non-hydrogen) atoms. The van der Waals surface area contributed by atoms with E-state index in [4.69, 9.17) is 14.2 Å². The van der Waals surface area contributed by atoms with E-state index in [1.165, 1.54) is 0 Å². The summed E-state index contributed by atoms with van der Waals surface area (Å²) in [6, 6.07) is 14.1. The van der Waals surface area contributed by atoms with Crippen molar-refractivity contribution < 1.29 is 23.8 Å². The molecule has 1 aliphatic heterocycles. The summed E-state index contributed by atoms with van der Waals surface area (Å²) in [5.74, 6) is 0.169. The number of benzene rings is 2. The lowest BCUT2D eigenvalue weighted by Gasteiger charge is -2.13. The third-order valence-corrected chi connectivity index (χ3v) is 4.59. The van der Waals surface area contributed by atoms with E-state index < -0.39 is 0 Å². The van der Waals surface area contributed by atoms with Crippen molar-refractivity contribution in [1.82, 2.24) is 0 Å². The van der Waals surface area contributed by atoms with Crippen molar-refractivity contribution >= 4 is 23.3 Å². The minimum absolute atomic E-state index is 0.0978. The van der Waals surface area contributed by atoms with E-state index in [0.717, 1.165) is 31.6 Å². The second-order valence-electron chi connectivity index (χ2n) is 7.09. The molecular weight excluding hydrogens is 384 g/mol. The van der Waals surface area contributed by atoms with Crippen LogP contribution in [0.5, 0.6) is 5.75 Å². The molecule has 1 aliphatic rings. The molecule has 160 valence electrons. The molecule has 1 unspecified atom stereocenters. The summed E-state index contributed by atoms with van der Waals surface area (Å²) >= 11 is 0. The molecule has 0 aliphatic carbocycles. The Kier molecular flexibility index (Phi) is 8.09. The van der Waals surface area contributed by atoms with Gasteiger partial charge in [0.1, 0.15) is 12.4 Å². The van der Waals surface area contributed by atoms with Crippen LogP contribution in [0.1, 0.15) is 36.5 Å². The molecular formula is C23H28N2O5. The number of hydrogen-bond acceptors (Lipinski definition) is 6. The van der Waals surface area contributed by atoms with Crippen LogP contribution in [0.25, 0.3) is 0 Å². The number of hydrogen-bond donors (Lipinski definition) is 2. The Hall–Kier alpha value is -3.06. The molecule has 7 heteroatoms. The third-order valence-electron chi connectivity index (χ3n) is 4.59. The first-order valence-electron chi connectivity index (χ1n) is 10.3. The number of carbonyl (C=O) groups excluding carboxylic acids is 2. The number of anilines is 2. The summed E-state index contributed by atoms with van der Waals surface area (Å²) < 4.78 is 16.4. The Morgan fingerprint density at radius 2 is 1.97 bits per heavy atom. The van der Waals surface area contributed by atoms with E-state index in [-0.39, 0.29) is 24.5 Å². The van der Waals surface area contributed by atoms with Crippen LogP contribution in [0.4, 0.5) is 11.4 Å². The van der Waals surface area contributed by atoms with Gasteiger partial charge in [-0.1, -0.05) is 13.0 Å². The van der Waals surface area contributed by atoms with Crippen LogP contribution in [-0.4, -0.2) is 44.3 Å². The van der Waals surface area contributed by atoms with Gasteiger partial charge in [-0.05, 0) is 55.7 Å². The summed E-state index contributed by atoms with van der Waals surface area (Å²) in [7, 11) is 0. The molecule has 1 saturated heterocycles. The molecule has 7 nitrogen and oxygen atoms in total. The van der Waals surface area contributed by atoms with Crippen LogP contribution in [-0.2, 0) is 14.3 Å². The first-order chi connectivity index (χ1) is 14.6. The summed E-state index contributed by atoms with van der Waals surface area (Å²) in [4.78, 5) is 24.1. The Morgan fingerprint density at radius 3 is 2.70 bits per heavy atom. The minimum Gasteiger partial charge on any atom is -0.491 e. The highest BCUT2D eigenvalue weighted by Crippen LogP contribution is 2.20. The zero-order chi connectivity index (χ0) is 21.2. The Labute approximate surface area is 176 Å². The van der Waals surface area contributed by atoms with Gasteiger partial charge in [-0.3, -0.25) is 4.79 Å². The number of rotatable bonds is 10. The first kappa shape index (κ1) is 21.6. The number of amides is 1. The van der Waals surface area contributed by atoms with Gasteiger partial charge in [-0.25, -0.2) is 4.79 Å². The number of esters is 1. The minimum atomic E-state index is -0.345. The second-order valence-corrected chi connectivity index (χ2v) is 7.09. The maximum Gasteiger partial charge on any atom is 0.338 e. The van der Waals surface area contributed by atoms with E-state index in [1.54, 1.807) is 30.3 Å². The normalized spacial score (nSPS) is 15.4. The lowest BCUT2D eigenvalue weighted by Crippen LogP contribution is -2.22. The van der Waals surface area contributed by atoms with Crippen LogP contribution in [0.15, 0.2) is 48.5 Å². The lowest BCUT2D eigenvalue weighted by atomic mass is 10.2. The molecule has 1 fully saturated rings. The molecule has 1 atom stereocenters. The predicted molar refractivity (Wildman–Crippen MR) is 115 cm³/mol. The molecule has 0 radical (unpaired) electrons. The molecule has 1 amide bonds. The van der Waals surface area contributed by atoms with Gasteiger partial charge in [0.25, 0.3) is 0 Å². The van der Waals surface area contributed by atoms with Gasteiger partial charge >= 0.3 is 5.97 Å². The molecule has 0 saturated carbocycles. The largest absolute Gasteiger partial charge is 0.491 e. The third kappa shape index (κ3) is 6.77. The van der Waals surface area contributed by atoms with Crippen molar-refractivity contribution in [3.05, 3.63) is 54.1 Å². The van der Waals surface area contributed by atoms with Crippen LogP contribution < -0.4 is 15.4 Å². The average molecular weight is 412 g/mol. The molecule has 0 spiro atoms. The van der Waals surface area contributed by atoms with E-state index in [2.05, 4.69) is 10.6 Å². The highest BCUT2D eigenvalue weighted by atomic mass is 16.5. The molecule has 2 N–H and O–H groups in total. The van der Waals surface area contributed by atoms with E-state index >= 15 is 0 Å².